The quantitative estimate of drug-likeness (QED) is 0.755. The lowest BCUT2D eigenvalue weighted by atomic mass is 10.1. The third-order valence-electron chi connectivity index (χ3n) is 5.33. The second-order valence-electron chi connectivity index (χ2n) is 7.39. The van der Waals surface area contributed by atoms with Gasteiger partial charge in [0, 0.05) is 30.7 Å². The zero-order chi connectivity index (χ0) is 18.5. The van der Waals surface area contributed by atoms with Gasteiger partial charge in [-0.1, -0.05) is 17.7 Å². The average Bonchev–Trinajstić information content (AvgIpc) is 2.96. The normalized spacial score (nSPS) is 22.5. The molecule has 2 amide bonds. The highest BCUT2D eigenvalue weighted by molar-refractivity contribution is 7.98. The van der Waals surface area contributed by atoms with Crippen LogP contribution in [0.1, 0.15) is 41.6 Å². The van der Waals surface area contributed by atoms with Gasteiger partial charge in [0.1, 0.15) is 6.04 Å². The maximum atomic E-state index is 13.1. The molecule has 3 rings (SSSR count). The van der Waals surface area contributed by atoms with Crippen molar-refractivity contribution in [2.45, 2.75) is 50.7 Å². The van der Waals surface area contributed by atoms with Crippen LogP contribution >= 0.6 is 24.2 Å². The molecule has 150 valence electrons. The summed E-state index contributed by atoms with van der Waals surface area (Å²) in [4.78, 5) is 27.7. The largest absolute Gasteiger partial charge is 0.340 e. The summed E-state index contributed by atoms with van der Waals surface area (Å²) >= 11 is 1.70. The van der Waals surface area contributed by atoms with Gasteiger partial charge in [0.2, 0.25) is 5.91 Å². The van der Waals surface area contributed by atoms with Gasteiger partial charge in [-0.2, -0.15) is 11.8 Å². The molecule has 3 atom stereocenters. The lowest BCUT2D eigenvalue weighted by Gasteiger charge is -2.29. The first-order valence-electron chi connectivity index (χ1n) is 9.48. The number of likely N-dealkylation sites (tertiary alicyclic amines) is 1. The van der Waals surface area contributed by atoms with E-state index in [-0.39, 0.29) is 24.2 Å². The third-order valence-corrected chi connectivity index (χ3v) is 5.97. The topological polar surface area (TPSA) is 61.4 Å². The summed E-state index contributed by atoms with van der Waals surface area (Å²) < 4.78 is 0. The molecule has 0 saturated carbocycles. The van der Waals surface area contributed by atoms with E-state index < -0.39 is 6.04 Å². The molecule has 2 aliphatic rings. The van der Waals surface area contributed by atoms with E-state index in [1.54, 1.807) is 17.8 Å². The van der Waals surface area contributed by atoms with Crippen molar-refractivity contribution >= 4 is 36.0 Å². The Hall–Kier alpha value is -1.24. The van der Waals surface area contributed by atoms with Crippen molar-refractivity contribution in [2.75, 3.05) is 25.1 Å². The fourth-order valence-electron chi connectivity index (χ4n) is 3.88. The number of nitrogens with zero attached hydrogens (tertiary/aromatic N) is 1. The van der Waals surface area contributed by atoms with Crippen molar-refractivity contribution in [3.8, 4) is 0 Å². The van der Waals surface area contributed by atoms with Gasteiger partial charge in [0.05, 0.1) is 0 Å². The lowest BCUT2D eigenvalue weighted by molar-refractivity contribution is -0.133. The number of nitrogens with one attached hydrogen (secondary N) is 2. The molecule has 2 N–H and O–H groups in total. The number of benzene rings is 1. The predicted molar refractivity (Wildman–Crippen MR) is 114 cm³/mol. The van der Waals surface area contributed by atoms with Gasteiger partial charge in [-0.3, -0.25) is 9.59 Å². The van der Waals surface area contributed by atoms with E-state index in [4.69, 9.17) is 0 Å². The monoisotopic (exact) mass is 411 g/mol. The predicted octanol–water partition coefficient (Wildman–Crippen LogP) is 2.62. The van der Waals surface area contributed by atoms with Crippen molar-refractivity contribution < 1.29 is 9.59 Å². The number of carbonyl (C=O) groups excluding carboxylic acids is 2. The van der Waals surface area contributed by atoms with E-state index in [2.05, 4.69) is 10.6 Å². The Labute approximate surface area is 172 Å². The molecular formula is C20H30ClN3O2S. The molecule has 5 nitrogen and oxygen atoms in total. The van der Waals surface area contributed by atoms with Crippen LogP contribution in [0.3, 0.4) is 0 Å². The van der Waals surface area contributed by atoms with Crippen molar-refractivity contribution in [1.29, 1.82) is 0 Å². The number of halogens is 1. The van der Waals surface area contributed by atoms with Gasteiger partial charge >= 0.3 is 0 Å². The number of thioether (sulfide) groups is 1. The molecule has 0 spiro atoms. The minimum atomic E-state index is -0.452. The van der Waals surface area contributed by atoms with Gasteiger partial charge in [-0.25, -0.2) is 0 Å². The molecule has 1 aromatic carbocycles. The van der Waals surface area contributed by atoms with Crippen LogP contribution in [0, 0.1) is 6.92 Å². The molecule has 0 radical (unpaired) electrons. The number of carbonyl (C=O) groups is 2. The summed E-state index contributed by atoms with van der Waals surface area (Å²) in [5, 5.41) is 6.60. The van der Waals surface area contributed by atoms with Gasteiger partial charge in [0.15, 0.2) is 0 Å². The summed E-state index contributed by atoms with van der Waals surface area (Å²) in [7, 11) is 0. The standard InChI is InChI=1S/C20H29N3O2S.ClH/c1-14-4-3-5-15(12-14)19(24)22-18(9-11-26-2)20(25)23-10-8-16-6-7-17(13-23)21-16;/h3-5,12,16-18,21H,6-11,13H2,1-2H3,(H,22,24);1H. The smallest absolute Gasteiger partial charge is 0.251 e. The minimum absolute atomic E-state index is 0. The van der Waals surface area contributed by atoms with Crippen LogP contribution in [-0.4, -0.2) is 59.9 Å². The Bertz CT molecular complexity index is 658. The first-order chi connectivity index (χ1) is 12.6. The maximum Gasteiger partial charge on any atom is 0.251 e. The van der Waals surface area contributed by atoms with E-state index in [1.807, 2.05) is 36.3 Å². The highest BCUT2D eigenvalue weighted by atomic mass is 35.5. The molecule has 27 heavy (non-hydrogen) atoms. The fraction of sp³-hybridized carbons (Fsp3) is 0.600. The van der Waals surface area contributed by atoms with Gasteiger partial charge < -0.3 is 15.5 Å². The molecule has 3 unspecified atom stereocenters. The van der Waals surface area contributed by atoms with E-state index in [0.29, 0.717) is 24.1 Å². The molecular weight excluding hydrogens is 382 g/mol. The van der Waals surface area contributed by atoms with Crippen LogP contribution in [0.4, 0.5) is 0 Å². The molecule has 1 aromatic rings. The number of fused-ring (bicyclic) bond motifs is 2. The van der Waals surface area contributed by atoms with Gasteiger partial charge in [-0.05, 0) is 56.7 Å². The molecule has 7 heteroatoms. The average molecular weight is 412 g/mol. The van der Waals surface area contributed by atoms with Gasteiger partial charge in [-0.15, -0.1) is 12.4 Å². The fourth-order valence-corrected chi connectivity index (χ4v) is 4.36. The Balaban J connectivity index is 0.00000261. The molecule has 2 aliphatic heterocycles. The summed E-state index contributed by atoms with van der Waals surface area (Å²) in [5.74, 6) is 0.750. The number of hydrogen-bond donors (Lipinski definition) is 2. The summed E-state index contributed by atoms with van der Waals surface area (Å²) in [6.07, 6.45) is 6.05. The van der Waals surface area contributed by atoms with Crippen LogP contribution in [0.25, 0.3) is 0 Å². The summed E-state index contributed by atoms with van der Waals surface area (Å²) in [6.45, 7) is 3.50. The van der Waals surface area contributed by atoms with Crippen LogP contribution in [0.5, 0.6) is 0 Å². The molecule has 0 aliphatic carbocycles. The zero-order valence-electron chi connectivity index (χ0n) is 16.1. The van der Waals surface area contributed by atoms with Gasteiger partial charge in [0.25, 0.3) is 5.91 Å². The molecule has 0 aromatic heterocycles. The summed E-state index contributed by atoms with van der Waals surface area (Å²) in [5.41, 5.74) is 1.66. The Kier molecular flexibility index (Phi) is 8.45. The maximum absolute atomic E-state index is 13.1. The molecule has 2 bridgehead atoms. The Morgan fingerprint density at radius 3 is 2.81 bits per heavy atom. The third kappa shape index (κ3) is 5.87. The zero-order valence-corrected chi connectivity index (χ0v) is 17.7. The lowest BCUT2D eigenvalue weighted by Crippen LogP contribution is -2.51. The SMILES string of the molecule is CSCCC(NC(=O)c1cccc(C)c1)C(=O)N1CCC2CCC(C1)N2.Cl. The second-order valence-corrected chi connectivity index (χ2v) is 8.37. The molecule has 2 fully saturated rings. The van der Waals surface area contributed by atoms with E-state index in [9.17, 15) is 9.59 Å². The highest BCUT2D eigenvalue weighted by Crippen LogP contribution is 2.21. The van der Waals surface area contributed by atoms with Crippen molar-refractivity contribution in [3.05, 3.63) is 35.4 Å². The Morgan fingerprint density at radius 1 is 1.30 bits per heavy atom. The van der Waals surface area contributed by atoms with Crippen molar-refractivity contribution in [3.63, 3.8) is 0 Å². The second kappa shape index (κ2) is 10.3. The highest BCUT2D eigenvalue weighted by Gasteiger charge is 2.34. The summed E-state index contributed by atoms with van der Waals surface area (Å²) in [6, 6.07) is 8.00. The van der Waals surface area contributed by atoms with Crippen LogP contribution in [0.15, 0.2) is 24.3 Å². The van der Waals surface area contributed by atoms with E-state index >= 15 is 0 Å². The van der Waals surface area contributed by atoms with Crippen molar-refractivity contribution in [1.82, 2.24) is 15.5 Å². The Morgan fingerprint density at radius 2 is 2.07 bits per heavy atom. The van der Waals surface area contributed by atoms with Crippen molar-refractivity contribution in [2.24, 2.45) is 0 Å². The molecule has 2 saturated heterocycles. The van der Waals surface area contributed by atoms with Crippen LogP contribution in [0.2, 0.25) is 0 Å². The first kappa shape index (κ1) is 22.1. The van der Waals surface area contributed by atoms with Crippen LogP contribution < -0.4 is 10.6 Å². The van der Waals surface area contributed by atoms with Crippen LogP contribution in [-0.2, 0) is 4.79 Å². The number of hydrogen-bond acceptors (Lipinski definition) is 4. The first-order valence-corrected chi connectivity index (χ1v) is 10.9. The number of amides is 2. The molecule has 2 heterocycles. The number of aryl methyl sites for hydroxylation is 1. The van der Waals surface area contributed by atoms with E-state index in [1.165, 1.54) is 6.42 Å². The number of rotatable bonds is 6. The van der Waals surface area contributed by atoms with E-state index in [0.717, 1.165) is 37.2 Å². The minimum Gasteiger partial charge on any atom is -0.340 e.